The number of benzene rings is 6. The van der Waals surface area contributed by atoms with Gasteiger partial charge in [0.25, 0.3) is 0 Å². The number of fused-ring (bicyclic) bond motifs is 2. The molecular weight excluding hydrogens is 455 g/mol. The topological polar surface area (TPSA) is 17.1 Å². The zero-order valence-electron chi connectivity index (χ0n) is 19.9. The highest BCUT2D eigenvalue weighted by atomic mass is 31.2. The Morgan fingerprint density at radius 2 is 0.833 bits per heavy atom. The van der Waals surface area contributed by atoms with Crippen LogP contribution in [0.3, 0.4) is 0 Å². The number of hydrogen-bond donors (Lipinski definition) is 0. The number of ketones is 1. The van der Waals surface area contributed by atoms with Crippen molar-refractivity contribution in [3.63, 3.8) is 0 Å². The zero-order valence-corrected chi connectivity index (χ0v) is 20.8. The van der Waals surface area contributed by atoms with E-state index in [0.717, 1.165) is 27.1 Å². The first kappa shape index (κ1) is 22.4. The van der Waals surface area contributed by atoms with E-state index in [2.05, 4.69) is 103 Å². The van der Waals surface area contributed by atoms with Crippen molar-refractivity contribution in [1.29, 1.82) is 0 Å². The Bertz CT molecular complexity index is 1510. The van der Waals surface area contributed by atoms with E-state index in [1.807, 2.05) is 42.5 Å². The molecule has 36 heavy (non-hydrogen) atoms. The van der Waals surface area contributed by atoms with Crippen molar-refractivity contribution in [2.24, 2.45) is 0 Å². The van der Waals surface area contributed by atoms with Crippen LogP contribution < -0.4 is 15.9 Å². The molecule has 0 amide bonds. The minimum Gasteiger partial charge on any atom is -0.290 e. The van der Waals surface area contributed by atoms with Gasteiger partial charge in [0, 0.05) is 5.56 Å². The van der Waals surface area contributed by atoms with Gasteiger partial charge in [-0.3, -0.25) is 4.79 Å². The Balaban J connectivity index is 1.64. The van der Waals surface area contributed by atoms with E-state index in [1.165, 1.54) is 15.9 Å². The second-order valence-corrected chi connectivity index (χ2v) is 12.6. The van der Waals surface area contributed by atoms with Crippen molar-refractivity contribution in [1.82, 2.24) is 0 Å². The number of Topliss-reactive ketones (excluding diaryl/α,β-unsaturated/α-hetero) is 1. The van der Waals surface area contributed by atoms with E-state index in [9.17, 15) is 4.79 Å². The fraction of sp³-hybridized carbons (Fsp3) is 0.0294. The summed E-state index contributed by atoms with van der Waals surface area (Å²) >= 11 is 0. The van der Waals surface area contributed by atoms with Crippen LogP contribution in [0.4, 0.5) is 0 Å². The molecule has 0 radical (unpaired) electrons. The number of hydrogen-bond acceptors (Lipinski definition) is 1. The number of carbonyl (C=O) groups is 1. The summed E-state index contributed by atoms with van der Waals surface area (Å²) in [5.74, 6) is 0.188. The second kappa shape index (κ2) is 9.53. The molecule has 0 N–H and O–H groups in total. The summed E-state index contributed by atoms with van der Waals surface area (Å²) in [7, 11) is -2.28. The average Bonchev–Trinajstić information content (AvgIpc) is 2.96. The normalized spacial score (nSPS) is 11.6. The van der Waals surface area contributed by atoms with Crippen molar-refractivity contribution in [2.45, 2.75) is 0 Å². The third kappa shape index (κ3) is 3.83. The van der Waals surface area contributed by atoms with Crippen LogP contribution in [-0.2, 0) is 0 Å². The maximum Gasteiger partial charge on any atom is 0.202 e. The summed E-state index contributed by atoms with van der Waals surface area (Å²) < 4.78 is 0. The van der Waals surface area contributed by atoms with Crippen LogP contribution >= 0.6 is 7.26 Å². The maximum atomic E-state index is 14.6. The van der Waals surface area contributed by atoms with Gasteiger partial charge >= 0.3 is 0 Å². The first-order valence-corrected chi connectivity index (χ1v) is 14.2. The lowest BCUT2D eigenvalue weighted by molar-refractivity contribution is 0.102. The van der Waals surface area contributed by atoms with Crippen molar-refractivity contribution in [3.8, 4) is 0 Å². The molecular formula is C34H26OP+. The van der Waals surface area contributed by atoms with Gasteiger partial charge in [0.15, 0.2) is 0 Å². The summed E-state index contributed by atoms with van der Waals surface area (Å²) in [5.41, 5.74) is 0.830. The molecule has 2 heteroatoms. The molecule has 0 spiro atoms. The fourth-order valence-electron chi connectivity index (χ4n) is 5.38. The summed E-state index contributed by atoms with van der Waals surface area (Å²) in [5, 5.41) is 7.91. The van der Waals surface area contributed by atoms with Crippen molar-refractivity contribution >= 4 is 50.5 Å². The van der Waals surface area contributed by atoms with E-state index in [0.29, 0.717) is 6.16 Å². The number of carbonyl (C=O) groups excluding carboxylic acids is 1. The van der Waals surface area contributed by atoms with Gasteiger partial charge < -0.3 is 0 Å². The third-order valence-electron chi connectivity index (χ3n) is 7.02. The van der Waals surface area contributed by atoms with Gasteiger partial charge in [-0.05, 0) is 64.0 Å². The highest BCUT2D eigenvalue weighted by Crippen LogP contribution is 2.56. The zero-order chi connectivity index (χ0) is 24.4. The molecule has 0 atom stereocenters. The van der Waals surface area contributed by atoms with E-state index < -0.39 is 7.26 Å². The molecule has 0 saturated heterocycles. The van der Waals surface area contributed by atoms with Crippen LogP contribution in [0.2, 0.25) is 0 Å². The minimum absolute atomic E-state index is 0.188. The number of rotatable bonds is 6. The molecule has 0 bridgehead atoms. The average molecular weight is 482 g/mol. The molecule has 0 saturated carbocycles. The molecule has 1 nitrogen and oxygen atoms in total. The Kier molecular flexibility index (Phi) is 5.93. The van der Waals surface area contributed by atoms with Gasteiger partial charge in [-0.1, -0.05) is 103 Å². The van der Waals surface area contributed by atoms with Crippen molar-refractivity contribution < 1.29 is 4.79 Å². The quantitative estimate of drug-likeness (QED) is 0.140. The first-order chi connectivity index (χ1) is 17.8. The van der Waals surface area contributed by atoms with Crippen LogP contribution in [-0.4, -0.2) is 11.9 Å². The van der Waals surface area contributed by atoms with Crippen LogP contribution in [0.5, 0.6) is 0 Å². The van der Waals surface area contributed by atoms with Crippen LogP contribution in [0, 0.1) is 0 Å². The van der Waals surface area contributed by atoms with Gasteiger partial charge in [-0.2, -0.15) is 0 Å². The molecule has 6 aromatic carbocycles. The summed E-state index contributed by atoms with van der Waals surface area (Å²) in [6.07, 6.45) is 0.434. The predicted molar refractivity (Wildman–Crippen MR) is 156 cm³/mol. The summed E-state index contributed by atoms with van der Waals surface area (Å²) in [4.78, 5) is 14.6. The van der Waals surface area contributed by atoms with E-state index in [4.69, 9.17) is 0 Å². The highest BCUT2D eigenvalue weighted by molar-refractivity contribution is 7.96. The van der Waals surface area contributed by atoms with E-state index in [-0.39, 0.29) is 5.78 Å². The molecule has 0 heterocycles. The Morgan fingerprint density at radius 1 is 0.472 bits per heavy atom. The Hall–Kier alpha value is -4.06. The van der Waals surface area contributed by atoms with Gasteiger partial charge in [0.05, 0.1) is 0 Å². The Labute approximate surface area is 212 Å². The van der Waals surface area contributed by atoms with Crippen molar-refractivity contribution in [2.75, 3.05) is 6.16 Å². The lowest BCUT2D eigenvalue weighted by atomic mass is 9.95. The standard InChI is InChI=1S/C34H26OP/c35-33(34-31-22-12-10-14-26(31)24-27-15-11-13-23-32(27)34)25-36(28-16-4-1-5-17-28,29-18-6-2-7-19-29)30-20-8-3-9-21-30/h1-24H,25H2/q+1. The molecule has 6 aromatic rings. The molecule has 0 unspecified atom stereocenters. The van der Waals surface area contributed by atoms with Gasteiger partial charge in [0.1, 0.15) is 29.3 Å². The van der Waals surface area contributed by atoms with Crippen LogP contribution in [0.15, 0.2) is 146 Å². The molecule has 6 rings (SSSR count). The second-order valence-electron chi connectivity index (χ2n) is 9.09. The SMILES string of the molecule is O=C(C[P+](c1ccccc1)(c1ccccc1)c1ccccc1)c1c2ccccc2cc2ccccc12. The molecule has 0 aromatic heterocycles. The highest BCUT2D eigenvalue weighted by Gasteiger charge is 2.47. The molecule has 0 aliphatic rings. The van der Waals surface area contributed by atoms with E-state index >= 15 is 0 Å². The predicted octanol–water partition coefficient (Wildman–Crippen LogP) is 7.17. The smallest absolute Gasteiger partial charge is 0.202 e. The fourth-order valence-corrected chi connectivity index (χ4v) is 9.45. The van der Waals surface area contributed by atoms with Gasteiger partial charge in [-0.15, -0.1) is 0 Å². The minimum atomic E-state index is -2.28. The largest absolute Gasteiger partial charge is 0.290 e. The first-order valence-electron chi connectivity index (χ1n) is 12.3. The van der Waals surface area contributed by atoms with Crippen LogP contribution in [0.25, 0.3) is 21.5 Å². The van der Waals surface area contributed by atoms with Gasteiger partial charge in [-0.25, -0.2) is 0 Å². The molecule has 0 aliphatic heterocycles. The van der Waals surface area contributed by atoms with Crippen molar-refractivity contribution in [3.05, 3.63) is 151 Å². The molecule has 0 aliphatic carbocycles. The van der Waals surface area contributed by atoms with Crippen LogP contribution in [0.1, 0.15) is 10.4 Å². The molecule has 172 valence electrons. The lowest BCUT2D eigenvalue weighted by Gasteiger charge is -2.27. The van der Waals surface area contributed by atoms with Gasteiger partial charge in [0.2, 0.25) is 5.78 Å². The molecule has 0 fully saturated rings. The monoisotopic (exact) mass is 481 g/mol. The summed E-state index contributed by atoms with van der Waals surface area (Å²) in [6, 6.07) is 50.6. The third-order valence-corrected chi connectivity index (χ3v) is 11.3. The lowest BCUT2D eigenvalue weighted by Crippen LogP contribution is -2.35. The Morgan fingerprint density at radius 3 is 1.25 bits per heavy atom. The summed E-state index contributed by atoms with van der Waals surface area (Å²) in [6.45, 7) is 0. The van der Waals surface area contributed by atoms with E-state index in [1.54, 1.807) is 0 Å². The maximum absolute atomic E-state index is 14.6.